The summed E-state index contributed by atoms with van der Waals surface area (Å²) in [5.41, 5.74) is 4.00. The first-order valence-corrected chi connectivity index (χ1v) is 11.0. The average molecular weight is 472 g/mol. The van der Waals surface area contributed by atoms with Gasteiger partial charge < -0.3 is 9.73 Å². The van der Waals surface area contributed by atoms with Crippen LogP contribution in [0.25, 0.3) is 0 Å². The molecule has 1 aliphatic heterocycles. The van der Waals surface area contributed by atoms with Crippen molar-refractivity contribution in [3.05, 3.63) is 116 Å². The third-order valence-corrected chi connectivity index (χ3v) is 6.52. The summed E-state index contributed by atoms with van der Waals surface area (Å²) in [4.78, 5) is 36.7. The van der Waals surface area contributed by atoms with Gasteiger partial charge in [0.25, 0.3) is 5.91 Å². The van der Waals surface area contributed by atoms with Crippen LogP contribution < -0.4 is 10.7 Å². The first kappa shape index (κ1) is 21.3. The summed E-state index contributed by atoms with van der Waals surface area (Å²) in [6, 6.07) is 21.4. The number of amides is 2. The molecule has 2 aromatic heterocycles. The number of hydrogen-bond donors (Lipinski definition) is 2. The highest BCUT2D eigenvalue weighted by atomic mass is 32.1. The van der Waals surface area contributed by atoms with Crippen LogP contribution in [0.2, 0.25) is 0 Å². The van der Waals surface area contributed by atoms with Gasteiger partial charge in [-0.15, -0.1) is 11.3 Å². The topological polar surface area (TPSA) is 127 Å². The van der Waals surface area contributed by atoms with Crippen molar-refractivity contribution in [3.63, 3.8) is 0 Å². The Morgan fingerprint density at radius 1 is 1.06 bits per heavy atom. The minimum Gasteiger partial charge on any atom is -0.400 e. The molecule has 10 heteroatoms. The Hall–Kier alpha value is -4.57. The number of hydrazone groups is 1. The molecule has 0 saturated heterocycles. The van der Waals surface area contributed by atoms with Crippen LogP contribution in [0, 0.1) is 10.1 Å². The fraction of sp³-hybridized carbons (Fsp3) is 0.0417. The highest BCUT2D eigenvalue weighted by Gasteiger charge is 2.51. The van der Waals surface area contributed by atoms with Crippen LogP contribution in [-0.2, 0) is 10.2 Å². The van der Waals surface area contributed by atoms with Crippen molar-refractivity contribution in [1.29, 1.82) is 0 Å². The van der Waals surface area contributed by atoms with Gasteiger partial charge in [0.2, 0.25) is 5.91 Å². The number of nitro groups is 1. The predicted octanol–water partition coefficient (Wildman–Crippen LogP) is 4.30. The Balaban J connectivity index is 1.49. The molecule has 5 rings (SSSR count). The van der Waals surface area contributed by atoms with Crippen LogP contribution in [0.15, 0.2) is 87.7 Å². The van der Waals surface area contributed by atoms with Crippen molar-refractivity contribution < 1.29 is 18.9 Å². The molecule has 2 aromatic carbocycles. The molecule has 3 heterocycles. The summed E-state index contributed by atoms with van der Waals surface area (Å²) >= 11 is 1.19. The van der Waals surface area contributed by atoms with E-state index in [-0.39, 0.29) is 11.7 Å². The highest BCUT2D eigenvalue weighted by Crippen LogP contribution is 2.50. The molecule has 0 unspecified atom stereocenters. The van der Waals surface area contributed by atoms with E-state index in [1.54, 1.807) is 0 Å². The number of fused-ring (bicyclic) bond motifs is 1. The molecule has 0 saturated carbocycles. The molecule has 168 valence electrons. The molecule has 0 fully saturated rings. The Bertz CT molecular complexity index is 1390. The van der Waals surface area contributed by atoms with Gasteiger partial charge in [0.15, 0.2) is 5.76 Å². The first-order chi connectivity index (χ1) is 16.5. The largest absolute Gasteiger partial charge is 0.433 e. The van der Waals surface area contributed by atoms with Crippen molar-refractivity contribution in [3.8, 4) is 0 Å². The Labute approximate surface area is 196 Å². The average Bonchev–Trinajstić information content (AvgIpc) is 3.55. The molecular formula is C24H16N4O5S. The minimum absolute atomic E-state index is 0.115. The standard InChI is InChI=1S/C24H16N4O5S/c29-22(27-25-13-17-11-12-19(33-17)28(31)32)21-20-18(14-34-21)24(23(30)26-20,15-7-3-1-4-8-15)16-9-5-2-6-10-16/h1-14H,(H,26,30)(H,27,29)/b25-13+. The number of benzene rings is 2. The van der Waals surface area contributed by atoms with Crippen molar-refractivity contribution >= 4 is 40.9 Å². The first-order valence-electron chi connectivity index (χ1n) is 10.1. The van der Waals surface area contributed by atoms with E-state index in [9.17, 15) is 19.7 Å². The van der Waals surface area contributed by atoms with Crippen molar-refractivity contribution in [1.82, 2.24) is 5.43 Å². The van der Waals surface area contributed by atoms with Gasteiger partial charge in [-0.2, -0.15) is 5.10 Å². The predicted molar refractivity (Wildman–Crippen MR) is 126 cm³/mol. The second-order valence-electron chi connectivity index (χ2n) is 7.42. The van der Waals surface area contributed by atoms with Crippen LogP contribution in [0.5, 0.6) is 0 Å². The summed E-state index contributed by atoms with van der Waals surface area (Å²) < 4.78 is 4.98. The molecule has 2 N–H and O–H groups in total. The Morgan fingerprint density at radius 3 is 2.29 bits per heavy atom. The van der Waals surface area contributed by atoms with E-state index < -0.39 is 22.1 Å². The van der Waals surface area contributed by atoms with Gasteiger partial charge in [0.1, 0.15) is 15.2 Å². The van der Waals surface area contributed by atoms with Gasteiger partial charge in [-0.1, -0.05) is 60.7 Å². The van der Waals surface area contributed by atoms with Crippen LogP contribution >= 0.6 is 11.3 Å². The van der Waals surface area contributed by atoms with Gasteiger partial charge in [-0.3, -0.25) is 19.7 Å². The fourth-order valence-electron chi connectivity index (χ4n) is 4.09. The molecule has 0 spiro atoms. The zero-order valence-electron chi connectivity index (χ0n) is 17.4. The minimum atomic E-state index is -1.09. The molecule has 1 aliphatic rings. The van der Waals surface area contributed by atoms with Gasteiger partial charge >= 0.3 is 5.88 Å². The lowest BCUT2D eigenvalue weighted by molar-refractivity contribution is -0.402. The number of nitrogens with zero attached hydrogens (tertiary/aromatic N) is 2. The van der Waals surface area contributed by atoms with Crippen LogP contribution in [0.4, 0.5) is 11.6 Å². The maximum absolute atomic E-state index is 13.5. The quantitative estimate of drug-likeness (QED) is 0.246. The molecule has 4 aromatic rings. The summed E-state index contributed by atoms with van der Waals surface area (Å²) in [5.74, 6) is -1.09. The van der Waals surface area contributed by atoms with E-state index in [1.807, 2.05) is 66.0 Å². The second-order valence-corrected chi connectivity index (χ2v) is 8.30. The molecule has 2 amide bonds. The molecular weight excluding hydrogens is 456 g/mol. The summed E-state index contributed by atoms with van der Waals surface area (Å²) in [7, 11) is 0. The molecule has 0 aliphatic carbocycles. The van der Waals surface area contributed by atoms with Crippen molar-refractivity contribution in [2.24, 2.45) is 5.10 Å². The number of nitrogens with one attached hydrogen (secondary N) is 2. The van der Waals surface area contributed by atoms with Crippen molar-refractivity contribution in [2.75, 3.05) is 5.32 Å². The lowest BCUT2D eigenvalue weighted by Crippen LogP contribution is -2.36. The smallest absolute Gasteiger partial charge is 0.400 e. The van der Waals surface area contributed by atoms with Crippen LogP contribution in [-0.4, -0.2) is 23.0 Å². The normalized spacial score (nSPS) is 14.1. The second kappa shape index (κ2) is 8.41. The maximum atomic E-state index is 13.5. The van der Waals surface area contributed by atoms with E-state index >= 15 is 0 Å². The van der Waals surface area contributed by atoms with Crippen LogP contribution in [0.1, 0.15) is 32.1 Å². The van der Waals surface area contributed by atoms with Crippen molar-refractivity contribution in [2.45, 2.75) is 5.41 Å². The maximum Gasteiger partial charge on any atom is 0.433 e. The molecule has 9 nitrogen and oxygen atoms in total. The monoisotopic (exact) mass is 472 g/mol. The number of hydrogen-bond acceptors (Lipinski definition) is 7. The number of thiophene rings is 1. The van der Waals surface area contributed by atoms with Gasteiger partial charge in [-0.05, 0) is 22.6 Å². The summed E-state index contributed by atoms with van der Waals surface area (Å²) in [5, 5.41) is 19.2. The number of furan rings is 1. The van der Waals surface area contributed by atoms with Crippen LogP contribution in [0.3, 0.4) is 0 Å². The number of carbonyl (C=O) groups excluding carboxylic acids is 2. The lowest BCUT2D eigenvalue weighted by Gasteiger charge is -2.28. The van der Waals surface area contributed by atoms with E-state index in [1.165, 1.54) is 23.5 Å². The third kappa shape index (κ3) is 3.37. The number of anilines is 1. The molecule has 0 bridgehead atoms. The molecule has 34 heavy (non-hydrogen) atoms. The molecule has 0 radical (unpaired) electrons. The van der Waals surface area contributed by atoms with E-state index in [4.69, 9.17) is 4.42 Å². The Morgan fingerprint density at radius 2 is 1.71 bits per heavy atom. The number of rotatable bonds is 6. The Kier molecular flexibility index (Phi) is 5.27. The zero-order valence-corrected chi connectivity index (χ0v) is 18.2. The summed E-state index contributed by atoms with van der Waals surface area (Å²) in [6.45, 7) is 0. The third-order valence-electron chi connectivity index (χ3n) is 5.54. The zero-order chi connectivity index (χ0) is 23.7. The van der Waals surface area contributed by atoms with Gasteiger partial charge in [-0.25, -0.2) is 5.43 Å². The summed E-state index contributed by atoms with van der Waals surface area (Å²) in [6.07, 6.45) is 1.16. The number of carbonyl (C=O) groups is 2. The molecule has 0 atom stereocenters. The van der Waals surface area contributed by atoms with E-state index in [2.05, 4.69) is 15.8 Å². The fourth-order valence-corrected chi connectivity index (χ4v) is 5.05. The highest BCUT2D eigenvalue weighted by molar-refractivity contribution is 7.13. The van der Waals surface area contributed by atoms with E-state index in [0.717, 1.165) is 17.3 Å². The lowest BCUT2D eigenvalue weighted by atomic mass is 9.71. The van der Waals surface area contributed by atoms with Gasteiger partial charge in [0.05, 0.1) is 18.0 Å². The SMILES string of the molecule is O=C(N/N=C/c1ccc([N+](=O)[O-])o1)c1scc2c1NC(=O)C2(c1ccccc1)c1ccccc1. The van der Waals surface area contributed by atoms with Gasteiger partial charge in [0, 0.05) is 5.56 Å². The van der Waals surface area contributed by atoms with E-state index in [0.29, 0.717) is 16.1 Å².